The quantitative estimate of drug-likeness (QED) is 0.564. The van der Waals surface area contributed by atoms with Crippen LogP contribution in [-0.4, -0.2) is 0 Å². The molecule has 0 aliphatic heterocycles. The molecule has 0 saturated carbocycles. The first-order chi connectivity index (χ1) is 9.51. The third-order valence-electron chi connectivity index (χ3n) is 3.28. The molecule has 0 aliphatic carbocycles. The van der Waals surface area contributed by atoms with Crippen LogP contribution in [-0.2, 0) is 0 Å². The third kappa shape index (κ3) is 2.95. The lowest BCUT2D eigenvalue weighted by molar-refractivity contribution is 0.627. The number of nitriles is 1. The van der Waals surface area contributed by atoms with E-state index in [1.807, 2.05) is 26.8 Å². The van der Waals surface area contributed by atoms with Crippen molar-refractivity contribution in [1.29, 1.82) is 5.26 Å². The molecule has 2 aromatic rings. The maximum atomic E-state index is 13.3. The van der Waals surface area contributed by atoms with Gasteiger partial charge in [-0.2, -0.15) is 5.26 Å². The average Bonchev–Trinajstić information content (AvgIpc) is 2.38. The molecular formula is C18H16FN. The molecule has 0 fully saturated rings. The van der Waals surface area contributed by atoms with Gasteiger partial charge in [0.2, 0.25) is 0 Å². The summed E-state index contributed by atoms with van der Waals surface area (Å²) in [4.78, 5) is 0. The van der Waals surface area contributed by atoms with Gasteiger partial charge in [-0.3, -0.25) is 0 Å². The molecule has 0 aliphatic rings. The molecule has 0 spiro atoms. The lowest BCUT2D eigenvalue weighted by atomic mass is 9.96. The minimum atomic E-state index is -0.332. The van der Waals surface area contributed by atoms with Crippen molar-refractivity contribution in [2.24, 2.45) is 0 Å². The van der Waals surface area contributed by atoms with E-state index < -0.39 is 0 Å². The normalized spacial score (nSPS) is 11.2. The first kappa shape index (κ1) is 14.0. The second kappa shape index (κ2) is 5.71. The highest BCUT2D eigenvalue weighted by Gasteiger charge is 2.06. The van der Waals surface area contributed by atoms with Gasteiger partial charge in [0.05, 0.1) is 11.6 Å². The van der Waals surface area contributed by atoms with Crippen molar-refractivity contribution in [3.63, 3.8) is 0 Å². The largest absolute Gasteiger partial charge is 0.207 e. The summed E-state index contributed by atoms with van der Waals surface area (Å²) in [7, 11) is 0. The van der Waals surface area contributed by atoms with Gasteiger partial charge in [-0.15, -0.1) is 0 Å². The number of halogens is 1. The predicted octanol–water partition coefficient (Wildman–Crippen LogP) is 4.82. The standard InChI is InChI=1S/C18H16FN/c1-12-7-13(2)18(14(3)8-12)10-16(11-20)15-5-4-6-17(19)9-15/h4-10H,1-3H3/b16-10-. The molecule has 0 N–H and O–H groups in total. The summed E-state index contributed by atoms with van der Waals surface area (Å²) >= 11 is 0. The van der Waals surface area contributed by atoms with Gasteiger partial charge in [0.1, 0.15) is 5.82 Å². The summed E-state index contributed by atoms with van der Waals surface area (Å²) in [5.41, 5.74) is 5.53. The van der Waals surface area contributed by atoms with Crippen molar-refractivity contribution in [2.75, 3.05) is 0 Å². The van der Waals surface area contributed by atoms with Crippen LogP contribution in [0.1, 0.15) is 27.8 Å². The van der Waals surface area contributed by atoms with Crippen LogP contribution in [0.2, 0.25) is 0 Å². The van der Waals surface area contributed by atoms with E-state index in [1.54, 1.807) is 12.1 Å². The molecule has 0 bridgehead atoms. The summed E-state index contributed by atoms with van der Waals surface area (Å²) in [6.07, 6.45) is 1.83. The Morgan fingerprint density at radius 3 is 2.30 bits per heavy atom. The van der Waals surface area contributed by atoms with Crippen LogP contribution >= 0.6 is 0 Å². The van der Waals surface area contributed by atoms with Crippen molar-refractivity contribution >= 4 is 11.6 Å². The first-order valence-corrected chi connectivity index (χ1v) is 6.47. The molecule has 2 aromatic carbocycles. The van der Waals surface area contributed by atoms with E-state index in [0.29, 0.717) is 11.1 Å². The van der Waals surface area contributed by atoms with E-state index in [-0.39, 0.29) is 5.82 Å². The summed E-state index contributed by atoms with van der Waals surface area (Å²) in [5.74, 6) is -0.332. The second-order valence-corrected chi connectivity index (χ2v) is 4.99. The van der Waals surface area contributed by atoms with Crippen molar-refractivity contribution in [1.82, 2.24) is 0 Å². The van der Waals surface area contributed by atoms with Crippen LogP contribution in [0.3, 0.4) is 0 Å². The zero-order valence-corrected chi connectivity index (χ0v) is 11.9. The molecule has 2 heteroatoms. The van der Waals surface area contributed by atoms with Crippen LogP contribution in [0.5, 0.6) is 0 Å². The molecule has 0 radical (unpaired) electrons. The minimum absolute atomic E-state index is 0.332. The molecule has 1 nitrogen and oxygen atoms in total. The van der Waals surface area contributed by atoms with Crippen LogP contribution in [0.25, 0.3) is 11.6 Å². The number of benzene rings is 2. The maximum absolute atomic E-state index is 13.3. The van der Waals surface area contributed by atoms with Gasteiger partial charge in [0, 0.05) is 0 Å². The smallest absolute Gasteiger partial charge is 0.123 e. The highest BCUT2D eigenvalue weighted by molar-refractivity contribution is 5.90. The van der Waals surface area contributed by atoms with E-state index in [2.05, 4.69) is 18.2 Å². The van der Waals surface area contributed by atoms with Crippen LogP contribution in [0, 0.1) is 37.9 Å². The fraction of sp³-hybridized carbons (Fsp3) is 0.167. The maximum Gasteiger partial charge on any atom is 0.123 e. The Bertz CT molecular complexity index is 697. The van der Waals surface area contributed by atoms with Crippen LogP contribution < -0.4 is 0 Å². The SMILES string of the molecule is Cc1cc(C)c(/C=C(/C#N)c2cccc(F)c2)c(C)c1. The van der Waals surface area contributed by atoms with Gasteiger partial charge < -0.3 is 0 Å². The Labute approximate surface area is 119 Å². The van der Waals surface area contributed by atoms with Gasteiger partial charge in [-0.25, -0.2) is 4.39 Å². The molecule has 0 saturated heterocycles. The molecule has 20 heavy (non-hydrogen) atoms. The zero-order valence-electron chi connectivity index (χ0n) is 11.9. The molecule has 2 rings (SSSR count). The number of aryl methyl sites for hydroxylation is 3. The number of nitrogens with zero attached hydrogens (tertiary/aromatic N) is 1. The Morgan fingerprint density at radius 2 is 1.75 bits per heavy atom. The Morgan fingerprint density at radius 1 is 1.10 bits per heavy atom. The zero-order chi connectivity index (χ0) is 14.7. The molecule has 0 atom stereocenters. The second-order valence-electron chi connectivity index (χ2n) is 4.99. The summed E-state index contributed by atoms with van der Waals surface area (Å²) in [6, 6.07) is 12.4. The van der Waals surface area contributed by atoms with Crippen molar-refractivity contribution in [3.8, 4) is 6.07 Å². The predicted molar refractivity (Wildman–Crippen MR) is 80.5 cm³/mol. The van der Waals surface area contributed by atoms with Gasteiger partial charge in [0.25, 0.3) is 0 Å². The van der Waals surface area contributed by atoms with E-state index in [1.165, 1.54) is 17.7 Å². The van der Waals surface area contributed by atoms with Gasteiger partial charge in [0.15, 0.2) is 0 Å². The van der Waals surface area contributed by atoms with Crippen LogP contribution in [0.4, 0.5) is 4.39 Å². The Balaban J connectivity index is 2.56. The van der Waals surface area contributed by atoms with Crippen LogP contribution in [0.15, 0.2) is 36.4 Å². The molecule has 0 heterocycles. The monoisotopic (exact) mass is 265 g/mol. The lowest BCUT2D eigenvalue weighted by Crippen LogP contribution is -1.91. The van der Waals surface area contributed by atoms with Crippen molar-refractivity contribution in [3.05, 3.63) is 70.0 Å². The Kier molecular flexibility index (Phi) is 4.00. The highest BCUT2D eigenvalue weighted by Crippen LogP contribution is 2.23. The van der Waals surface area contributed by atoms with Crippen molar-refractivity contribution in [2.45, 2.75) is 20.8 Å². The molecule has 0 unspecified atom stereocenters. The average molecular weight is 265 g/mol. The van der Waals surface area contributed by atoms with Gasteiger partial charge in [-0.1, -0.05) is 29.8 Å². The molecule has 0 amide bonds. The van der Waals surface area contributed by atoms with E-state index >= 15 is 0 Å². The van der Waals surface area contributed by atoms with E-state index in [0.717, 1.165) is 16.7 Å². The van der Waals surface area contributed by atoms with Gasteiger partial charge >= 0.3 is 0 Å². The molecule has 0 aromatic heterocycles. The summed E-state index contributed by atoms with van der Waals surface area (Å²) in [6.45, 7) is 6.09. The Hall–Kier alpha value is -2.40. The topological polar surface area (TPSA) is 23.8 Å². The molecular weight excluding hydrogens is 249 g/mol. The lowest BCUT2D eigenvalue weighted by Gasteiger charge is -2.08. The number of allylic oxidation sites excluding steroid dienone is 1. The number of hydrogen-bond acceptors (Lipinski definition) is 1. The molecule has 100 valence electrons. The van der Waals surface area contributed by atoms with E-state index in [4.69, 9.17) is 0 Å². The third-order valence-corrected chi connectivity index (χ3v) is 3.28. The van der Waals surface area contributed by atoms with Crippen molar-refractivity contribution < 1.29 is 4.39 Å². The summed E-state index contributed by atoms with van der Waals surface area (Å²) < 4.78 is 13.3. The number of rotatable bonds is 2. The first-order valence-electron chi connectivity index (χ1n) is 6.47. The fourth-order valence-electron chi connectivity index (χ4n) is 2.40. The summed E-state index contributed by atoms with van der Waals surface area (Å²) in [5, 5.41) is 9.33. The minimum Gasteiger partial charge on any atom is -0.207 e. The highest BCUT2D eigenvalue weighted by atomic mass is 19.1. The number of hydrogen-bond donors (Lipinski definition) is 0. The van der Waals surface area contributed by atoms with E-state index in [9.17, 15) is 9.65 Å². The fourth-order valence-corrected chi connectivity index (χ4v) is 2.40. The van der Waals surface area contributed by atoms with Gasteiger partial charge in [-0.05, 0) is 61.2 Å².